The number of primary amides is 1. The molecule has 0 saturated heterocycles. The number of nitrogens with zero attached hydrogens (tertiary/aromatic N) is 1. The highest BCUT2D eigenvalue weighted by Crippen LogP contribution is 2.13. The van der Waals surface area contributed by atoms with Crippen molar-refractivity contribution in [1.29, 1.82) is 0 Å². The van der Waals surface area contributed by atoms with Crippen LogP contribution in [0.2, 0.25) is 0 Å². The lowest BCUT2D eigenvalue weighted by Gasteiger charge is -2.10. The number of amides is 1. The zero-order valence-corrected chi connectivity index (χ0v) is 11.8. The van der Waals surface area contributed by atoms with Crippen LogP contribution in [-0.2, 0) is 17.1 Å². The first-order valence-corrected chi connectivity index (χ1v) is 7.33. The van der Waals surface area contributed by atoms with Gasteiger partial charge in [-0.25, -0.2) is 13.1 Å². The first-order valence-electron chi connectivity index (χ1n) is 5.84. The van der Waals surface area contributed by atoms with Gasteiger partial charge < -0.3 is 15.4 Å². The average molecular weight is 289 g/mol. The molecule has 0 aromatic carbocycles. The molecule has 1 rings (SSSR count). The van der Waals surface area contributed by atoms with Gasteiger partial charge in [0.2, 0.25) is 10.0 Å². The molecule has 1 atom stereocenters. The summed E-state index contributed by atoms with van der Waals surface area (Å²) in [5.41, 5.74) is 5.26. The predicted molar refractivity (Wildman–Crippen MR) is 70.0 cm³/mol. The summed E-state index contributed by atoms with van der Waals surface area (Å²) in [6, 6.07) is 1.24. The number of hydrogen-bond donors (Lipinski definition) is 3. The number of aliphatic hydroxyl groups is 1. The van der Waals surface area contributed by atoms with E-state index in [1.807, 2.05) is 6.92 Å². The lowest BCUT2D eigenvalue weighted by atomic mass is 10.1. The molecule has 108 valence electrons. The number of aryl methyl sites for hydroxylation is 1. The fourth-order valence-corrected chi connectivity index (χ4v) is 2.82. The first-order chi connectivity index (χ1) is 8.77. The van der Waals surface area contributed by atoms with Crippen molar-refractivity contribution >= 4 is 15.9 Å². The van der Waals surface area contributed by atoms with Gasteiger partial charge in [0.25, 0.3) is 5.91 Å². The third kappa shape index (κ3) is 4.05. The Labute approximate surface area is 112 Å². The molecular formula is C11H19N3O4S. The molecule has 0 bridgehead atoms. The average Bonchev–Trinajstić information content (AvgIpc) is 2.70. The van der Waals surface area contributed by atoms with Crippen LogP contribution in [-0.4, -0.2) is 37.2 Å². The number of rotatable bonds is 7. The number of hydrogen-bond acceptors (Lipinski definition) is 4. The number of sulfonamides is 1. The fraction of sp³-hybridized carbons (Fsp3) is 0.545. The van der Waals surface area contributed by atoms with Crippen molar-refractivity contribution in [2.45, 2.75) is 18.2 Å². The Hall–Kier alpha value is -1.38. The van der Waals surface area contributed by atoms with Crippen LogP contribution < -0.4 is 10.5 Å². The van der Waals surface area contributed by atoms with Crippen molar-refractivity contribution in [3.63, 3.8) is 0 Å². The molecule has 1 aromatic heterocycles. The van der Waals surface area contributed by atoms with Gasteiger partial charge >= 0.3 is 0 Å². The summed E-state index contributed by atoms with van der Waals surface area (Å²) in [4.78, 5) is 11.1. The normalized spacial score (nSPS) is 13.4. The molecule has 19 heavy (non-hydrogen) atoms. The molecule has 1 amide bonds. The van der Waals surface area contributed by atoms with E-state index in [9.17, 15) is 13.2 Å². The summed E-state index contributed by atoms with van der Waals surface area (Å²) >= 11 is 0. The van der Waals surface area contributed by atoms with Gasteiger partial charge in [-0.05, 0) is 18.4 Å². The maximum absolute atomic E-state index is 12.0. The van der Waals surface area contributed by atoms with Crippen LogP contribution in [0.1, 0.15) is 23.8 Å². The predicted octanol–water partition coefficient (Wildman–Crippen LogP) is -0.579. The highest BCUT2D eigenvalue weighted by Gasteiger charge is 2.19. The second-order valence-electron chi connectivity index (χ2n) is 4.51. The summed E-state index contributed by atoms with van der Waals surface area (Å²) in [6.07, 6.45) is 1.85. The molecule has 8 heteroatoms. The standard InChI is InChI=1S/C11H19N3O4S/c1-8(3-4-15)6-13-19(17,18)9-5-10(11(12)16)14(2)7-9/h5,7-8,13,15H,3-4,6H2,1-2H3,(H2,12,16). The van der Waals surface area contributed by atoms with Crippen molar-refractivity contribution in [3.8, 4) is 0 Å². The molecule has 0 saturated carbocycles. The number of nitrogens with one attached hydrogen (secondary N) is 1. The van der Waals surface area contributed by atoms with E-state index in [1.165, 1.54) is 16.8 Å². The number of carbonyl (C=O) groups is 1. The van der Waals surface area contributed by atoms with Crippen molar-refractivity contribution in [1.82, 2.24) is 9.29 Å². The molecule has 7 nitrogen and oxygen atoms in total. The summed E-state index contributed by atoms with van der Waals surface area (Å²) in [6.45, 7) is 2.07. The van der Waals surface area contributed by atoms with Crippen molar-refractivity contribution < 1.29 is 18.3 Å². The monoisotopic (exact) mass is 289 g/mol. The molecular weight excluding hydrogens is 270 g/mol. The number of carbonyl (C=O) groups excluding carboxylic acids is 1. The minimum atomic E-state index is -3.67. The number of nitrogens with two attached hydrogens (primary N) is 1. The zero-order valence-electron chi connectivity index (χ0n) is 11.0. The Morgan fingerprint density at radius 1 is 1.58 bits per heavy atom. The third-order valence-corrected chi connectivity index (χ3v) is 4.18. The van der Waals surface area contributed by atoms with Crippen LogP contribution in [0.15, 0.2) is 17.2 Å². The summed E-state index contributed by atoms with van der Waals surface area (Å²) in [5, 5.41) is 8.75. The Balaban J connectivity index is 2.83. The molecule has 1 heterocycles. The Kier molecular flexibility index (Phi) is 5.10. The van der Waals surface area contributed by atoms with E-state index in [0.717, 1.165) is 0 Å². The second kappa shape index (κ2) is 6.18. The maximum atomic E-state index is 12.0. The molecule has 0 fully saturated rings. The molecule has 1 unspecified atom stereocenters. The Morgan fingerprint density at radius 3 is 2.68 bits per heavy atom. The molecule has 0 spiro atoms. The smallest absolute Gasteiger partial charge is 0.265 e. The lowest BCUT2D eigenvalue weighted by molar-refractivity contribution is 0.0992. The topological polar surface area (TPSA) is 114 Å². The van der Waals surface area contributed by atoms with Crippen LogP contribution in [0, 0.1) is 5.92 Å². The summed E-state index contributed by atoms with van der Waals surface area (Å²) in [7, 11) is -2.12. The lowest BCUT2D eigenvalue weighted by Crippen LogP contribution is -2.28. The quantitative estimate of drug-likeness (QED) is 0.623. The van der Waals surface area contributed by atoms with E-state index in [0.29, 0.717) is 6.42 Å². The number of aromatic nitrogens is 1. The van der Waals surface area contributed by atoms with Crippen LogP contribution >= 0.6 is 0 Å². The Morgan fingerprint density at radius 2 is 2.21 bits per heavy atom. The van der Waals surface area contributed by atoms with Gasteiger partial charge in [0.05, 0.1) is 0 Å². The van der Waals surface area contributed by atoms with E-state index in [1.54, 1.807) is 7.05 Å². The van der Waals surface area contributed by atoms with E-state index in [4.69, 9.17) is 10.8 Å². The van der Waals surface area contributed by atoms with E-state index in [2.05, 4.69) is 4.72 Å². The van der Waals surface area contributed by atoms with Gasteiger partial charge in [-0.2, -0.15) is 0 Å². The first kappa shape index (κ1) is 15.7. The zero-order chi connectivity index (χ0) is 14.6. The van der Waals surface area contributed by atoms with Crippen LogP contribution in [0.5, 0.6) is 0 Å². The van der Waals surface area contributed by atoms with Crippen molar-refractivity contribution in [2.75, 3.05) is 13.2 Å². The summed E-state index contributed by atoms with van der Waals surface area (Å²) < 4.78 is 27.8. The number of aliphatic hydroxyl groups excluding tert-OH is 1. The van der Waals surface area contributed by atoms with Crippen LogP contribution in [0.4, 0.5) is 0 Å². The fourth-order valence-electron chi connectivity index (χ4n) is 1.58. The van der Waals surface area contributed by atoms with Gasteiger partial charge in [0.15, 0.2) is 0 Å². The van der Waals surface area contributed by atoms with E-state index < -0.39 is 15.9 Å². The minimum absolute atomic E-state index is 0.00000142. The minimum Gasteiger partial charge on any atom is -0.396 e. The van der Waals surface area contributed by atoms with E-state index >= 15 is 0 Å². The second-order valence-corrected chi connectivity index (χ2v) is 6.27. The SMILES string of the molecule is CC(CCO)CNS(=O)(=O)c1cc(C(N)=O)n(C)c1. The molecule has 0 aliphatic heterocycles. The molecule has 0 radical (unpaired) electrons. The Bertz CT molecular complexity index is 550. The highest BCUT2D eigenvalue weighted by molar-refractivity contribution is 7.89. The maximum Gasteiger partial charge on any atom is 0.265 e. The van der Waals surface area contributed by atoms with E-state index in [-0.39, 0.29) is 29.7 Å². The van der Waals surface area contributed by atoms with Crippen molar-refractivity contribution in [3.05, 3.63) is 18.0 Å². The molecule has 0 aliphatic rings. The van der Waals surface area contributed by atoms with Gasteiger partial charge in [0.1, 0.15) is 10.6 Å². The van der Waals surface area contributed by atoms with Gasteiger partial charge in [0, 0.05) is 26.4 Å². The molecule has 4 N–H and O–H groups in total. The third-order valence-electron chi connectivity index (χ3n) is 2.79. The summed E-state index contributed by atoms with van der Waals surface area (Å²) in [5.74, 6) is -0.656. The molecule has 1 aromatic rings. The van der Waals surface area contributed by atoms with Gasteiger partial charge in [-0.1, -0.05) is 6.92 Å². The van der Waals surface area contributed by atoms with Crippen LogP contribution in [0.3, 0.4) is 0 Å². The highest BCUT2D eigenvalue weighted by atomic mass is 32.2. The van der Waals surface area contributed by atoms with Gasteiger partial charge in [-0.3, -0.25) is 4.79 Å². The van der Waals surface area contributed by atoms with Crippen LogP contribution in [0.25, 0.3) is 0 Å². The largest absolute Gasteiger partial charge is 0.396 e. The van der Waals surface area contributed by atoms with Crippen molar-refractivity contribution in [2.24, 2.45) is 18.7 Å². The molecule has 0 aliphatic carbocycles. The van der Waals surface area contributed by atoms with Gasteiger partial charge in [-0.15, -0.1) is 0 Å².